The lowest BCUT2D eigenvalue weighted by atomic mass is 10.1. The van der Waals surface area contributed by atoms with E-state index in [9.17, 15) is 13.9 Å². The topological polar surface area (TPSA) is 50.9 Å². The summed E-state index contributed by atoms with van der Waals surface area (Å²) in [6, 6.07) is 21.5. The number of fused-ring (bicyclic) bond motifs is 1. The average molecular weight is 478 g/mol. The van der Waals surface area contributed by atoms with E-state index in [2.05, 4.69) is 0 Å². The quantitative estimate of drug-likeness (QED) is 0.220. The third-order valence-corrected chi connectivity index (χ3v) is 6.86. The molecule has 0 spiro atoms. The Labute approximate surface area is 197 Å². The number of benzene rings is 3. The smallest absolute Gasteiger partial charge is 0.195 e. The highest BCUT2D eigenvalue weighted by atomic mass is 32.2. The molecule has 5 aromatic rings. The number of nitrogens with zero attached hydrogens (tertiary/aromatic N) is 3. The van der Waals surface area contributed by atoms with E-state index < -0.39 is 0 Å². The van der Waals surface area contributed by atoms with Crippen LogP contribution in [-0.4, -0.2) is 19.6 Å². The fourth-order valence-corrected chi connectivity index (χ4v) is 5.25. The highest BCUT2D eigenvalue weighted by molar-refractivity contribution is 8.00. The average Bonchev–Trinajstić information content (AvgIpc) is 3.11. The molecular weight excluding hydrogens is 460 g/mol. The zero-order valence-corrected chi connectivity index (χ0v) is 19.0. The summed E-state index contributed by atoms with van der Waals surface area (Å²) in [5, 5.41) is 11.6. The molecule has 5 rings (SSSR count). The van der Waals surface area contributed by atoms with Crippen molar-refractivity contribution in [3.05, 3.63) is 90.5 Å². The molecule has 164 valence electrons. The van der Waals surface area contributed by atoms with Gasteiger partial charge in [-0.15, -0.1) is 0 Å². The van der Waals surface area contributed by atoms with E-state index in [0.29, 0.717) is 25.6 Å². The molecule has 2 heterocycles. The van der Waals surface area contributed by atoms with Gasteiger partial charge in [0.15, 0.2) is 5.16 Å². The fourth-order valence-electron chi connectivity index (χ4n) is 3.46. The van der Waals surface area contributed by atoms with Gasteiger partial charge in [0.2, 0.25) is 0 Å². The van der Waals surface area contributed by atoms with Crippen molar-refractivity contribution in [1.29, 1.82) is 0 Å². The summed E-state index contributed by atoms with van der Waals surface area (Å²) >= 11 is 2.61. The minimum Gasteiger partial charge on any atom is -0.508 e. The van der Waals surface area contributed by atoms with Crippen molar-refractivity contribution in [3.8, 4) is 17.0 Å². The van der Waals surface area contributed by atoms with Gasteiger partial charge in [-0.1, -0.05) is 23.9 Å². The number of rotatable bonds is 5. The van der Waals surface area contributed by atoms with Crippen LogP contribution in [0.1, 0.15) is 0 Å². The number of hydrogen-bond donors (Lipinski definition) is 1. The second-order valence-electron chi connectivity index (χ2n) is 7.30. The van der Waals surface area contributed by atoms with Gasteiger partial charge in [0.1, 0.15) is 28.1 Å². The van der Waals surface area contributed by atoms with Crippen molar-refractivity contribution >= 4 is 34.6 Å². The molecule has 1 N–H and O–H groups in total. The van der Waals surface area contributed by atoms with Crippen molar-refractivity contribution in [2.45, 2.75) is 20.0 Å². The third kappa shape index (κ3) is 4.58. The summed E-state index contributed by atoms with van der Waals surface area (Å²) in [5.74, 6) is -0.463. The molecule has 33 heavy (non-hydrogen) atoms. The number of phenolic OH excluding ortho intramolecular Hbond substituents is 1. The zero-order chi connectivity index (χ0) is 22.9. The molecule has 2 aromatic heterocycles. The molecule has 0 unspecified atom stereocenters. The fraction of sp³-hybridized carbons (Fsp3) is 0.0400. The molecule has 4 nitrogen and oxygen atoms in total. The Bertz CT molecular complexity index is 1470. The van der Waals surface area contributed by atoms with E-state index in [1.54, 1.807) is 30.3 Å². The Balaban J connectivity index is 1.65. The van der Waals surface area contributed by atoms with Gasteiger partial charge in [0, 0.05) is 16.8 Å². The van der Waals surface area contributed by atoms with Gasteiger partial charge in [-0.25, -0.2) is 18.7 Å². The second-order valence-corrected chi connectivity index (χ2v) is 9.41. The van der Waals surface area contributed by atoms with Crippen LogP contribution in [-0.2, 0) is 7.05 Å². The van der Waals surface area contributed by atoms with Crippen LogP contribution in [0.15, 0.2) is 98.8 Å². The number of aromatic nitrogens is 3. The molecule has 0 atom stereocenters. The Morgan fingerprint density at radius 3 is 2.06 bits per heavy atom. The summed E-state index contributed by atoms with van der Waals surface area (Å²) < 4.78 is 29.4. The largest absolute Gasteiger partial charge is 0.508 e. The van der Waals surface area contributed by atoms with Crippen LogP contribution in [0.3, 0.4) is 0 Å². The van der Waals surface area contributed by atoms with E-state index >= 15 is 0 Å². The van der Waals surface area contributed by atoms with Crippen molar-refractivity contribution in [2.24, 2.45) is 7.05 Å². The van der Waals surface area contributed by atoms with Gasteiger partial charge in [0.05, 0.1) is 11.1 Å². The van der Waals surface area contributed by atoms with Crippen LogP contribution in [0.4, 0.5) is 8.78 Å². The van der Waals surface area contributed by atoms with Gasteiger partial charge >= 0.3 is 0 Å². The predicted molar refractivity (Wildman–Crippen MR) is 127 cm³/mol. The first-order valence-corrected chi connectivity index (χ1v) is 11.6. The first-order chi connectivity index (χ1) is 16.0. The highest BCUT2D eigenvalue weighted by Gasteiger charge is 2.17. The summed E-state index contributed by atoms with van der Waals surface area (Å²) in [6.07, 6.45) is 0. The van der Waals surface area contributed by atoms with Gasteiger partial charge < -0.3 is 9.67 Å². The van der Waals surface area contributed by atoms with Crippen LogP contribution in [0, 0.1) is 11.6 Å². The molecule has 0 saturated heterocycles. The van der Waals surface area contributed by atoms with E-state index in [1.807, 2.05) is 35.9 Å². The van der Waals surface area contributed by atoms with Crippen LogP contribution < -0.4 is 0 Å². The molecule has 0 saturated carbocycles. The van der Waals surface area contributed by atoms with Crippen LogP contribution in [0.2, 0.25) is 0 Å². The Morgan fingerprint density at radius 1 is 0.788 bits per heavy atom. The van der Waals surface area contributed by atoms with Crippen molar-refractivity contribution in [2.75, 3.05) is 0 Å². The Morgan fingerprint density at radius 2 is 1.42 bits per heavy atom. The van der Waals surface area contributed by atoms with E-state index in [0.717, 1.165) is 16.6 Å². The van der Waals surface area contributed by atoms with E-state index in [1.165, 1.54) is 47.8 Å². The summed E-state index contributed by atoms with van der Waals surface area (Å²) in [7, 11) is 1.91. The molecule has 0 aliphatic heterocycles. The summed E-state index contributed by atoms with van der Waals surface area (Å²) in [6.45, 7) is 0. The number of aryl methyl sites for hydroxylation is 1. The number of halogens is 2. The van der Waals surface area contributed by atoms with Gasteiger partial charge in [0.25, 0.3) is 0 Å². The third-order valence-electron chi connectivity index (χ3n) is 5.01. The van der Waals surface area contributed by atoms with Crippen LogP contribution in [0.25, 0.3) is 22.3 Å². The van der Waals surface area contributed by atoms with Crippen molar-refractivity contribution in [3.63, 3.8) is 0 Å². The molecule has 0 radical (unpaired) electrons. The summed E-state index contributed by atoms with van der Waals surface area (Å²) in [4.78, 5) is 10.9. The molecule has 8 heteroatoms. The van der Waals surface area contributed by atoms with Crippen LogP contribution >= 0.6 is 23.5 Å². The molecular formula is C25H17F2N3OS2. The maximum Gasteiger partial charge on any atom is 0.195 e. The molecule has 0 amide bonds. The minimum atomic E-state index is -0.330. The zero-order valence-electron chi connectivity index (χ0n) is 17.4. The van der Waals surface area contributed by atoms with Gasteiger partial charge in [-0.05, 0) is 84.1 Å². The summed E-state index contributed by atoms with van der Waals surface area (Å²) in [5.41, 5.74) is 2.51. The maximum absolute atomic E-state index is 13.8. The first-order valence-electron chi connectivity index (χ1n) is 10.00. The molecule has 0 fully saturated rings. The SMILES string of the molecule is Cn1c(-c2ccc(O)cc2)cc2c(Sc3cccc(F)c3)nc(Sc3cccc(F)c3)nc21. The number of phenols is 1. The van der Waals surface area contributed by atoms with Gasteiger partial charge in [-0.2, -0.15) is 0 Å². The lowest BCUT2D eigenvalue weighted by Crippen LogP contribution is -1.97. The number of aromatic hydroxyl groups is 1. The maximum atomic E-state index is 13.8. The lowest BCUT2D eigenvalue weighted by Gasteiger charge is -2.08. The number of hydrogen-bond acceptors (Lipinski definition) is 5. The standard InChI is InChI=1S/C25H17F2N3OS2/c1-30-22(15-8-10-18(31)11-9-15)14-21-23(30)28-25(33-20-7-3-5-17(27)13-20)29-24(21)32-19-6-2-4-16(26)12-19/h2-14,31H,1H3. The Kier molecular flexibility index (Phi) is 5.78. The van der Waals surface area contributed by atoms with Gasteiger partial charge in [-0.3, -0.25) is 0 Å². The molecule has 3 aromatic carbocycles. The van der Waals surface area contributed by atoms with Crippen molar-refractivity contribution < 1.29 is 13.9 Å². The van der Waals surface area contributed by atoms with E-state index in [4.69, 9.17) is 9.97 Å². The Hall–Kier alpha value is -3.36. The lowest BCUT2D eigenvalue weighted by molar-refractivity contribution is 0.475. The van der Waals surface area contributed by atoms with E-state index in [-0.39, 0.29) is 17.4 Å². The molecule has 0 aliphatic carbocycles. The monoisotopic (exact) mass is 477 g/mol. The molecule has 0 aliphatic rings. The minimum absolute atomic E-state index is 0.188. The predicted octanol–water partition coefficient (Wildman–Crippen LogP) is 6.92. The second kappa shape index (κ2) is 8.88. The molecule has 0 bridgehead atoms. The normalized spacial score (nSPS) is 11.2. The first kappa shape index (κ1) is 21.5. The van der Waals surface area contributed by atoms with Crippen molar-refractivity contribution in [1.82, 2.24) is 14.5 Å². The highest BCUT2D eigenvalue weighted by Crippen LogP contribution is 2.38. The van der Waals surface area contributed by atoms with Crippen LogP contribution in [0.5, 0.6) is 5.75 Å².